The highest BCUT2D eigenvalue weighted by atomic mass is 19.4. The molecule has 1 aliphatic heterocycles. The van der Waals surface area contributed by atoms with Crippen LogP contribution in [-0.4, -0.2) is 52.3 Å². The van der Waals surface area contributed by atoms with Gasteiger partial charge in [-0.1, -0.05) is 41.6 Å². The van der Waals surface area contributed by atoms with Crippen LogP contribution in [0, 0.1) is 0 Å². The molecular formula is C26H26F4N6O3. The number of fused-ring (bicyclic) bond motifs is 1. The van der Waals surface area contributed by atoms with Gasteiger partial charge in [0.25, 0.3) is 0 Å². The van der Waals surface area contributed by atoms with Crippen LogP contribution in [0.4, 0.5) is 28.0 Å². The molecule has 1 saturated heterocycles. The molecule has 2 atom stereocenters. The molecule has 1 fully saturated rings. The van der Waals surface area contributed by atoms with Crippen molar-refractivity contribution in [3.8, 4) is 11.5 Å². The van der Waals surface area contributed by atoms with Crippen molar-refractivity contribution in [1.29, 1.82) is 0 Å². The first-order valence-corrected chi connectivity index (χ1v) is 12.3. The summed E-state index contributed by atoms with van der Waals surface area (Å²) < 4.78 is 66.5. The highest BCUT2D eigenvalue weighted by molar-refractivity contribution is 5.96. The molecule has 3 heterocycles. The number of alkyl carbamates (subject to hydrolysis) is 1. The summed E-state index contributed by atoms with van der Waals surface area (Å²) in [5, 5.41) is 12.9. The van der Waals surface area contributed by atoms with Crippen LogP contribution in [-0.2, 0) is 24.4 Å². The lowest BCUT2D eigenvalue weighted by Gasteiger charge is -2.28. The number of aromatic nitrogens is 3. The zero-order valence-corrected chi connectivity index (χ0v) is 20.7. The molecule has 1 aliphatic rings. The summed E-state index contributed by atoms with van der Waals surface area (Å²) in [7, 11) is 0. The van der Waals surface area contributed by atoms with E-state index in [4.69, 9.17) is 9.26 Å². The topological polar surface area (TPSA) is 106 Å². The van der Waals surface area contributed by atoms with Crippen molar-refractivity contribution in [1.82, 2.24) is 25.3 Å². The number of hydrogen-bond donors (Lipinski definition) is 3. The Morgan fingerprint density at radius 1 is 1.18 bits per heavy atom. The van der Waals surface area contributed by atoms with Crippen LogP contribution >= 0.6 is 0 Å². The van der Waals surface area contributed by atoms with Crippen LogP contribution in [0.2, 0.25) is 0 Å². The van der Waals surface area contributed by atoms with Gasteiger partial charge < -0.3 is 29.8 Å². The predicted molar refractivity (Wildman–Crippen MR) is 135 cm³/mol. The van der Waals surface area contributed by atoms with E-state index in [9.17, 15) is 22.4 Å². The van der Waals surface area contributed by atoms with Crippen molar-refractivity contribution in [3.05, 3.63) is 66.1 Å². The van der Waals surface area contributed by atoms with Gasteiger partial charge in [-0.25, -0.2) is 9.18 Å². The number of alkyl halides is 4. The van der Waals surface area contributed by atoms with Crippen LogP contribution in [0.5, 0.6) is 0 Å². The zero-order chi connectivity index (χ0) is 27.4. The number of ether oxygens (including phenoxy) is 1. The number of amides is 1. The fraction of sp³-hybridized carbons (Fsp3) is 0.346. The summed E-state index contributed by atoms with van der Waals surface area (Å²) in [5.74, 6) is -0.0973. The van der Waals surface area contributed by atoms with Crippen molar-refractivity contribution in [3.63, 3.8) is 0 Å². The molecule has 2 aromatic carbocycles. The summed E-state index contributed by atoms with van der Waals surface area (Å²) in [6, 6.07) is 15.0. The lowest BCUT2D eigenvalue weighted by Crippen LogP contribution is -2.45. The van der Waals surface area contributed by atoms with E-state index in [-0.39, 0.29) is 42.6 Å². The molecule has 13 heteroatoms. The van der Waals surface area contributed by atoms with E-state index in [1.807, 2.05) is 18.2 Å². The average Bonchev–Trinajstić information content (AvgIpc) is 3.53. The van der Waals surface area contributed by atoms with E-state index >= 15 is 0 Å². The van der Waals surface area contributed by atoms with Crippen molar-refractivity contribution in [2.75, 3.05) is 18.4 Å². The molecule has 0 unspecified atom stereocenters. The van der Waals surface area contributed by atoms with Crippen molar-refractivity contribution in [2.45, 2.75) is 44.5 Å². The molecule has 1 amide bonds. The molecule has 206 valence electrons. The minimum absolute atomic E-state index is 0.0150. The number of carbonyl (C=O) groups excluding carboxylic acids is 1. The second kappa shape index (κ2) is 11.3. The van der Waals surface area contributed by atoms with E-state index in [0.29, 0.717) is 24.0 Å². The Morgan fingerprint density at radius 2 is 2.00 bits per heavy atom. The first kappa shape index (κ1) is 26.5. The molecule has 4 aromatic rings. The SMILES string of the molecule is O=C(NCc1nc(-c2cc3c(N[C@@H]4CCNC[C@@H]4F)cccc3n2CC(F)(F)F)no1)OCc1ccccc1. The Kier molecular flexibility index (Phi) is 7.68. The summed E-state index contributed by atoms with van der Waals surface area (Å²) in [6.45, 7) is -0.569. The Hall–Kier alpha value is -4.13. The average molecular weight is 547 g/mol. The maximum atomic E-state index is 14.4. The van der Waals surface area contributed by atoms with Gasteiger partial charge in [0.05, 0.1) is 17.3 Å². The number of rotatable bonds is 8. The fourth-order valence-corrected chi connectivity index (χ4v) is 4.48. The standard InChI is InChI=1S/C26H26F4N6O3/c27-18-12-31-10-9-20(18)33-19-7-4-8-21-17(19)11-22(36(21)15-26(28,29)30)24-34-23(39-35-24)13-32-25(37)38-14-16-5-2-1-3-6-16/h1-8,11,18,20,31,33H,9-10,12-15H2,(H,32,37)/t18-,20+/m0/s1. The number of halogens is 4. The smallest absolute Gasteiger partial charge is 0.407 e. The van der Waals surface area contributed by atoms with Gasteiger partial charge in [0.15, 0.2) is 0 Å². The summed E-state index contributed by atoms with van der Waals surface area (Å²) in [5.41, 5.74) is 1.67. The molecule has 2 aromatic heterocycles. The minimum atomic E-state index is -4.53. The van der Waals surface area contributed by atoms with Gasteiger partial charge in [-0.15, -0.1) is 0 Å². The first-order valence-electron chi connectivity index (χ1n) is 12.3. The predicted octanol–water partition coefficient (Wildman–Crippen LogP) is 4.79. The molecular weight excluding hydrogens is 520 g/mol. The third-order valence-corrected chi connectivity index (χ3v) is 6.33. The second-order valence-corrected chi connectivity index (χ2v) is 9.16. The largest absolute Gasteiger partial charge is 0.445 e. The van der Waals surface area contributed by atoms with Crippen LogP contribution in [0.3, 0.4) is 0 Å². The second-order valence-electron chi connectivity index (χ2n) is 9.16. The van der Waals surface area contributed by atoms with Crippen LogP contribution in [0.15, 0.2) is 59.1 Å². The van der Waals surface area contributed by atoms with Crippen molar-refractivity contribution in [2.24, 2.45) is 0 Å². The van der Waals surface area contributed by atoms with Crippen LogP contribution in [0.25, 0.3) is 22.4 Å². The van der Waals surface area contributed by atoms with Crippen LogP contribution < -0.4 is 16.0 Å². The molecule has 3 N–H and O–H groups in total. The number of carbonyl (C=O) groups is 1. The molecule has 0 spiro atoms. The van der Waals surface area contributed by atoms with Gasteiger partial charge >= 0.3 is 12.3 Å². The van der Waals surface area contributed by atoms with E-state index in [0.717, 1.165) is 10.1 Å². The number of nitrogens with zero attached hydrogens (tertiary/aromatic N) is 3. The maximum Gasteiger partial charge on any atom is 0.407 e. The monoisotopic (exact) mass is 546 g/mol. The first-order chi connectivity index (χ1) is 18.8. The van der Waals surface area contributed by atoms with Gasteiger partial charge in [0, 0.05) is 17.6 Å². The number of benzene rings is 2. The molecule has 0 saturated carbocycles. The Morgan fingerprint density at radius 3 is 2.77 bits per heavy atom. The number of anilines is 1. The van der Waals surface area contributed by atoms with Gasteiger partial charge in [-0.05, 0) is 36.7 Å². The molecule has 0 bridgehead atoms. The number of nitrogens with one attached hydrogen (secondary N) is 3. The van der Waals surface area contributed by atoms with E-state index in [1.54, 1.807) is 30.3 Å². The van der Waals surface area contributed by atoms with Gasteiger partial charge in [0.1, 0.15) is 25.9 Å². The van der Waals surface area contributed by atoms with Gasteiger partial charge in [-0.2, -0.15) is 18.2 Å². The summed E-state index contributed by atoms with van der Waals surface area (Å²) >= 11 is 0. The number of piperidine rings is 1. The summed E-state index contributed by atoms with van der Waals surface area (Å²) in [4.78, 5) is 16.2. The third kappa shape index (κ3) is 6.48. The zero-order valence-electron chi connectivity index (χ0n) is 20.7. The number of hydrogen-bond acceptors (Lipinski definition) is 7. The Balaban J connectivity index is 1.35. The van der Waals surface area contributed by atoms with Gasteiger partial charge in [-0.3, -0.25) is 0 Å². The van der Waals surface area contributed by atoms with E-state index in [1.165, 1.54) is 6.07 Å². The molecule has 0 aliphatic carbocycles. The quantitative estimate of drug-likeness (QED) is 0.273. The summed E-state index contributed by atoms with van der Waals surface area (Å²) in [6.07, 6.45) is -5.86. The molecule has 0 radical (unpaired) electrons. The minimum Gasteiger partial charge on any atom is -0.445 e. The lowest BCUT2D eigenvalue weighted by molar-refractivity contribution is -0.139. The Bertz CT molecular complexity index is 1420. The van der Waals surface area contributed by atoms with Crippen molar-refractivity contribution >= 4 is 22.7 Å². The highest BCUT2D eigenvalue weighted by Gasteiger charge is 2.32. The van der Waals surface area contributed by atoms with Crippen LogP contribution in [0.1, 0.15) is 17.9 Å². The lowest BCUT2D eigenvalue weighted by atomic mass is 10.0. The van der Waals surface area contributed by atoms with Crippen molar-refractivity contribution < 1.29 is 31.6 Å². The van der Waals surface area contributed by atoms with E-state index in [2.05, 4.69) is 26.1 Å². The normalized spacial score (nSPS) is 17.7. The Labute approximate surface area is 220 Å². The molecule has 5 rings (SSSR count). The highest BCUT2D eigenvalue weighted by Crippen LogP contribution is 2.34. The maximum absolute atomic E-state index is 14.4. The van der Waals surface area contributed by atoms with E-state index < -0.39 is 31.0 Å². The fourth-order valence-electron chi connectivity index (χ4n) is 4.48. The van der Waals surface area contributed by atoms with Gasteiger partial charge in [0.2, 0.25) is 11.7 Å². The molecule has 9 nitrogen and oxygen atoms in total. The third-order valence-electron chi connectivity index (χ3n) is 6.33. The molecule has 39 heavy (non-hydrogen) atoms.